The lowest BCUT2D eigenvalue weighted by molar-refractivity contribution is -0.153. The third kappa shape index (κ3) is 3.61. The highest BCUT2D eigenvalue weighted by Gasteiger charge is 2.38. The molecule has 0 aliphatic heterocycles. The van der Waals surface area contributed by atoms with E-state index in [2.05, 4.69) is 0 Å². The quantitative estimate of drug-likeness (QED) is 0.854. The van der Waals surface area contributed by atoms with Gasteiger partial charge in [-0.05, 0) is 50.8 Å². The van der Waals surface area contributed by atoms with Crippen LogP contribution < -0.4 is 0 Å². The summed E-state index contributed by atoms with van der Waals surface area (Å²) in [6.45, 7) is 1.89. The maximum absolute atomic E-state index is 13.8. The van der Waals surface area contributed by atoms with Crippen molar-refractivity contribution in [3.63, 3.8) is 0 Å². The molecule has 0 unspecified atom stereocenters. The van der Waals surface area contributed by atoms with Crippen LogP contribution in [0, 0.1) is 11.2 Å². The minimum atomic E-state index is -1.07. The Morgan fingerprint density at radius 2 is 2.00 bits per heavy atom. The lowest BCUT2D eigenvalue weighted by Gasteiger charge is -2.34. The van der Waals surface area contributed by atoms with Gasteiger partial charge >= 0.3 is 11.9 Å². The minimum Gasteiger partial charge on any atom is -0.478 e. The molecule has 1 aromatic carbocycles. The van der Waals surface area contributed by atoms with Gasteiger partial charge in [0, 0.05) is 10.1 Å². The molecule has 1 saturated carbocycles. The van der Waals surface area contributed by atoms with Crippen molar-refractivity contribution in [1.29, 1.82) is 0 Å². The Balaban J connectivity index is 2.03. The highest BCUT2D eigenvalue weighted by Crippen LogP contribution is 2.43. The number of aromatic carboxylic acids is 1. The molecule has 120 valence electrons. The first-order chi connectivity index (χ1) is 10.4. The minimum absolute atomic E-state index is 0.0825. The molecule has 0 saturated heterocycles. The second kappa shape index (κ2) is 6.69. The Hall–Kier alpha value is -1.56. The standard InChI is InChI=1S/C16H19FO4S/c1-16(15(20)21-2)7-5-11(6-8-16)22-13-9-10(14(18)19)3-4-12(13)17/h3-4,9,11H,5-8H2,1-2H3,(H,18,19). The molecule has 2 rings (SSSR count). The molecule has 1 aliphatic carbocycles. The third-order valence-corrected chi connectivity index (χ3v) is 5.56. The van der Waals surface area contributed by atoms with Gasteiger partial charge in [-0.1, -0.05) is 0 Å². The molecule has 0 bridgehead atoms. The second-order valence-electron chi connectivity index (χ2n) is 5.82. The summed E-state index contributed by atoms with van der Waals surface area (Å²) in [7, 11) is 1.39. The van der Waals surface area contributed by atoms with E-state index >= 15 is 0 Å². The molecule has 1 aromatic rings. The van der Waals surface area contributed by atoms with Gasteiger partial charge in [0.2, 0.25) is 0 Å². The van der Waals surface area contributed by atoms with Crippen LogP contribution in [0.2, 0.25) is 0 Å². The molecule has 1 N–H and O–H groups in total. The first-order valence-corrected chi connectivity index (χ1v) is 8.01. The average molecular weight is 326 g/mol. The Kier molecular flexibility index (Phi) is 5.11. The van der Waals surface area contributed by atoms with Gasteiger partial charge < -0.3 is 9.84 Å². The first-order valence-electron chi connectivity index (χ1n) is 7.13. The predicted octanol–water partition coefficient (Wildman–Crippen LogP) is 3.74. The van der Waals surface area contributed by atoms with E-state index in [0.29, 0.717) is 17.7 Å². The molecule has 0 spiro atoms. The highest BCUT2D eigenvalue weighted by molar-refractivity contribution is 8.00. The van der Waals surface area contributed by atoms with Gasteiger partial charge in [-0.3, -0.25) is 4.79 Å². The molecule has 0 radical (unpaired) electrons. The van der Waals surface area contributed by atoms with Crippen LogP contribution in [0.5, 0.6) is 0 Å². The summed E-state index contributed by atoms with van der Waals surface area (Å²) in [4.78, 5) is 23.1. The number of halogens is 1. The van der Waals surface area contributed by atoms with E-state index in [1.165, 1.54) is 37.1 Å². The Morgan fingerprint density at radius 1 is 1.36 bits per heavy atom. The fraction of sp³-hybridized carbons (Fsp3) is 0.500. The van der Waals surface area contributed by atoms with Crippen molar-refractivity contribution in [3.05, 3.63) is 29.6 Å². The van der Waals surface area contributed by atoms with Crippen molar-refractivity contribution < 1.29 is 23.8 Å². The summed E-state index contributed by atoms with van der Waals surface area (Å²) in [5, 5.41) is 9.16. The summed E-state index contributed by atoms with van der Waals surface area (Å²) in [5.74, 6) is -1.67. The molecule has 0 aromatic heterocycles. The summed E-state index contributed by atoms with van der Waals surface area (Å²) < 4.78 is 18.7. The van der Waals surface area contributed by atoms with Crippen molar-refractivity contribution in [2.24, 2.45) is 5.41 Å². The van der Waals surface area contributed by atoms with Crippen molar-refractivity contribution in [2.45, 2.75) is 42.8 Å². The molecular weight excluding hydrogens is 307 g/mol. The van der Waals surface area contributed by atoms with E-state index in [9.17, 15) is 14.0 Å². The van der Waals surface area contributed by atoms with Gasteiger partial charge in [-0.25, -0.2) is 9.18 Å². The number of carboxylic acid groups (broad SMARTS) is 1. The molecule has 1 aliphatic rings. The summed E-state index contributed by atoms with van der Waals surface area (Å²) in [6, 6.07) is 3.82. The number of methoxy groups -OCH3 is 1. The van der Waals surface area contributed by atoms with Crippen molar-refractivity contribution >= 4 is 23.7 Å². The van der Waals surface area contributed by atoms with E-state index in [0.717, 1.165) is 12.8 Å². The van der Waals surface area contributed by atoms with Crippen LogP contribution >= 0.6 is 11.8 Å². The maximum Gasteiger partial charge on any atom is 0.335 e. The van der Waals surface area contributed by atoms with Gasteiger partial charge in [0.15, 0.2) is 0 Å². The zero-order chi connectivity index (χ0) is 16.3. The monoisotopic (exact) mass is 326 g/mol. The number of carbonyl (C=O) groups is 2. The topological polar surface area (TPSA) is 63.6 Å². The van der Waals surface area contributed by atoms with Crippen LogP contribution in [0.25, 0.3) is 0 Å². The van der Waals surface area contributed by atoms with E-state index in [4.69, 9.17) is 9.84 Å². The van der Waals surface area contributed by atoms with Crippen LogP contribution in [0.4, 0.5) is 4.39 Å². The Labute approximate surface area is 133 Å². The largest absolute Gasteiger partial charge is 0.478 e. The van der Waals surface area contributed by atoms with Gasteiger partial charge in [0.1, 0.15) is 5.82 Å². The van der Waals surface area contributed by atoms with Gasteiger partial charge in [0.05, 0.1) is 18.1 Å². The number of hydrogen-bond acceptors (Lipinski definition) is 4. The molecule has 6 heteroatoms. The van der Waals surface area contributed by atoms with E-state index < -0.39 is 17.2 Å². The zero-order valence-electron chi connectivity index (χ0n) is 12.6. The van der Waals surface area contributed by atoms with Crippen LogP contribution in [0.15, 0.2) is 23.1 Å². The average Bonchev–Trinajstić information content (AvgIpc) is 2.50. The maximum atomic E-state index is 13.8. The van der Waals surface area contributed by atoms with E-state index in [1.807, 2.05) is 6.92 Å². The smallest absolute Gasteiger partial charge is 0.335 e. The predicted molar refractivity (Wildman–Crippen MR) is 81.6 cm³/mol. The molecule has 4 nitrogen and oxygen atoms in total. The third-order valence-electron chi connectivity index (χ3n) is 4.19. The number of esters is 1. The highest BCUT2D eigenvalue weighted by atomic mass is 32.2. The van der Waals surface area contributed by atoms with Gasteiger partial charge in [0.25, 0.3) is 0 Å². The molecule has 0 heterocycles. The van der Waals surface area contributed by atoms with Crippen molar-refractivity contribution in [1.82, 2.24) is 0 Å². The zero-order valence-corrected chi connectivity index (χ0v) is 13.4. The normalized spacial score (nSPS) is 24.8. The number of thioether (sulfide) groups is 1. The van der Waals surface area contributed by atoms with Crippen LogP contribution in [-0.2, 0) is 9.53 Å². The van der Waals surface area contributed by atoms with Crippen LogP contribution in [0.1, 0.15) is 43.0 Å². The van der Waals surface area contributed by atoms with E-state index in [1.54, 1.807) is 0 Å². The molecular formula is C16H19FO4S. The van der Waals surface area contributed by atoms with Gasteiger partial charge in [-0.2, -0.15) is 0 Å². The molecule has 22 heavy (non-hydrogen) atoms. The van der Waals surface area contributed by atoms with Gasteiger partial charge in [-0.15, -0.1) is 11.8 Å². The molecule has 0 amide bonds. The second-order valence-corrected chi connectivity index (χ2v) is 7.16. The van der Waals surface area contributed by atoms with E-state index in [-0.39, 0.29) is 16.8 Å². The van der Waals surface area contributed by atoms with Crippen molar-refractivity contribution in [2.75, 3.05) is 7.11 Å². The van der Waals surface area contributed by atoms with Crippen molar-refractivity contribution in [3.8, 4) is 0 Å². The van der Waals surface area contributed by atoms with Crippen LogP contribution in [-0.4, -0.2) is 29.4 Å². The lowest BCUT2D eigenvalue weighted by atomic mass is 9.75. The molecule has 1 fully saturated rings. The number of rotatable bonds is 4. The summed E-state index contributed by atoms with van der Waals surface area (Å²) >= 11 is 1.35. The number of carboxylic acids is 1. The number of ether oxygens (including phenoxy) is 1. The lowest BCUT2D eigenvalue weighted by Crippen LogP contribution is -2.34. The SMILES string of the molecule is COC(=O)C1(C)CCC(Sc2cc(C(=O)O)ccc2F)CC1. The number of hydrogen-bond donors (Lipinski definition) is 1. The molecule has 0 atom stereocenters. The fourth-order valence-corrected chi connectivity index (χ4v) is 3.91. The Morgan fingerprint density at radius 3 is 2.55 bits per heavy atom. The number of carbonyl (C=O) groups excluding carboxylic acids is 1. The number of benzene rings is 1. The van der Waals surface area contributed by atoms with Crippen LogP contribution in [0.3, 0.4) is 0 Å². The first kappa shape index (κ1) is 16.8. The Bertz CT molecular complexity index is 580. The fourth-order valence-electron chi connectivity index (χ4n) is 2.70. The summed E-state index contributed by atoms with van der Waals surface area (Å²) in [5.41, 5.74) is -0.383. The summed E-state index contributed by atoms with van der Waals surface area (Å²) in [6.07, 6.45) is 2.93.